The van der Waals surface area contributed by atoms with Crippen LogP contribution in [0.3, 0.4) is 0 Å². The normalized spacial score (nSPS) is 14.4. The summed E-state index contributed by atoms with van der Waals surface area (Å²) in [5.41, 5.74) is 2.32. The van der Waals surface area contributed by atoms with Gasteiger partial charge >= 0.3 is 0 Å². The molecule has 1 aliphatic rings. The van der Waals surface area contributed by atoms with Crippen LogP contribution in [-0.4, -0.2) is 28.7 Å². The van der Waals surface area contributed by atoms with Gasteiger partial charge in [0.15, 0.2) is 5.96 Å². The molecular formula is C19H27N5O. The maximum atomic E-state index is 5.75. The minimum absolute atomic E-state index is 0.655. The fourth-order valence-corrected chi connectivity index (χ4v) is 2.48. The highest BCUT2D eigenvalue weighted by atomic mass is 16.5. The Kier molecular flexibility index (Phi) is 5.93. The fourth-order valence-electron chi connectivity index (χ4n) is 2.48. The van der Waals surface area contributed by atoms with Crippen LogP contribution in [-0.2, 0) is 20.1 Å². The molecule has 6 nitrogen and oxygen atoms in total. The van der Waals surface area contributed by atoms with Gasteiger partial charge in [0.05, 0.1) is 13.2 Å². The second kappa shape index (κ2) is 8.55. The molecule has 2 N–H and O–H groups in total. The van der Waals surface area contributed by atoms with Gasteiger partial charge in [-0.1, -0.05) is 0 Å². The second-order valence-electron chi connectivity index (χ2n) is 6.49. The molecule has 25 heavy (non-hydrogen) atoms. The van der Waals surface area contributed by atoms with Gasteiger partial charge in [0.1, 0.15) is 0 Å². The molecule has 2 heterocycles. The van der Waals surface area contributed by atoms with Crippen LogP contribution < -0.4 is 15.4 Å². The van der Waals surface area contributed by atoms with Gasteiger partial charge in [-0.25, -0.2) is 9.98 Å². The van der Waals surface area contributed by atoms with Crippen LogP contribution in [0.1, 0.15) is 30.9 Å². The van der Waals surface area contributed by atoms with Gasteiger partial charge in [-0.3, -0.25) is 0 Å². The van der Waals surface area contributed by atoms with E-state index in [-0.39, 0.29) is 0 Å². The third-order valence-corrected chi connectivity index (χ3v) is 4.08. The number of pyridine rings is 1. The standard InChI is InChI=1S/C19H27N5O/c1-3-20-19(23-12-17-7-9-24(2)13-17)22-11-16-6-8-21-18(10-16)25-14-15-4-5-15/h6-10,13,15H,3-5,11-12,14H2,1-2H3,(H2,20,22,23). The second-order valence-corrected chi connectivity index (χ2v) is 6.49. The van der Waals surface area contributed by atoms with E-state index in [1.54, 1.807) is 6.20 Å². The van der Waals surface area contributed by atoms with E-state index in [2.05, 4.69) is 39.8 Å². The summed E-state index contributed by atoms with van der Waals surface area (Å²) in [6.45, 7) is 5.01. The van der Waals surface area contributed by atoms with Crippen molar-refractivity contribution in [3.8, 4) is 5.88 Å². The molecule has 1 fully saturated rings. The van der Waals surface area contributed by atoms with E-state index >= 15 is 0 Å². The number of hydrogen-bond donors (Lipinski definition) is 2. The van der Waals surface area contributed by atoms with Crippen LogP contribution in [0.2, 0.25) is 0 Å². The molecule has 0 bridgehead atoms. The Hall–Kier alpha value is -2.50. The minimum atomic E-state index is 0.655. The number of aryl methyl sites for hydroxylation is 1. The van der Waals surface area contributed by atoms with Crippen molar-refractivity contribution in [2.75, 3.05) is 13.2 Å². The van der Waals surface area contributed by atoms with Crippen molar-refractivity contribution >= 4 is 5.96 Å². The summed E-state index contributed by atoms with van der Waals surface area (Å²) in [5, 5.41) is 6.65. The van der Waals surface area contributed by atoms with Gasteiger partial charge in [0, 0.05) is 44.8 Å². The van der Waals surface area contributed by atoms with Gasteiger partial charge < -0.3 is 19.9 Å². The first-order chi connectivity index (χ1) is 12.2. The van der Waals surface area contributed by atoms with Crippen LogP contribution in [0, 0.1) is 5.92 Å². The van der Waals surface area contributed by atoms with Crippen LogP contribution in [0.5, 0.6) is 5.88 Å². The zero-order valence-electron chi connectivity index (χ0n) is 15.0. The molecule has 0 unspecified atom stereocenters. The van der Waals surface area contributed by atoms with E-state index in [0.29, 0.717) is 19.0 Å². The van der Waals surface area contributed by atoms with E-state index in [9.17, 15) is 0 Å². The molecule has 2 aromatic heterocycles. The summed E-state index contributed by atoms with van der Waals surface area (Å²) in [7, 11) is 2.02. The number of nitrogens with one attached hydrogen (secondary N) is 2. The molecule has 3 rings (SSSR count). The molecule has 0 aliphatic heterocycles. The fraction of sp³-hybridized carbons (Fsp3) is 0.474. The molecule has 134 valence electrons. The average Bonchev–Trinajstić information content (AvgIpc) is 3.36. The van der Waals surface area contributed by atoms with Crippen LogP contribution >= 0.6 is 0 Å². The van der Waals surface area contributed by atoms with E-state index in [4.69, 9.17) is 4.74 Å². The number of rotatable bonds is 8. The molecule has 0 spiro atoms. The number of ether oxygens (including phenoxy) is 1. The van der Waals surface area contributed by atoms with Crippen molar-refractivity contribution in [2.24, 2.45) is 18.0 Å². The first-order valence-electron chi connectivity index (χ1n) is 8.93. The first-order valence-corrected chi connectivity index (χ1v) is 8.93. The lowest BCUT2D eigenvalue weighted by molar-refractivity contribution is 0.288. The Morgan fingerprint density at radius 2 is 2.20 bits per heavy atom. The highest BCUT2D eigenvalue weighted by molar-refractivity contribution is 5.79. The lowest BCUT2D eigenvalue weighted by atomic mass is 10.2. The number of aromatic nitrogens is 2. The molecule has 0 amide bonds. The number of hydrogen-bond acceptors (Lipinski definition) is 3. The molecule has 0 atom stereocenters. The lowest BCUT2D eigenvalue weighted by Gasteiger charge is -2.12. The van der Waals surface area contributed by atoms with Crippen molar-refractivity contribution in [3.63, 3.8) is 0 Å². The summed E-state index contributed by atoms with van der Waals surface area (Å²) < 4.78 is 7.78. The molecule has 1 aliphatic carbocycles. The number of nitrogens with zero attached hydrogens (tertiary/aromatic N) is 3. The van der Waals surface area contributed by atoms with Crippen LogP contribution in [0.4, 0.5) is 0 Å². The van der Waals surface area contributed by atoms with Gasteiger partial charge in [-0.05, 0) is 48.9 Å². The molecular weight excluding hydrogens is 314 g/mol. The van der Waals surface area contributed by atoms with E-state index in [1.807, 2.05) is 29.9 Å². The van der Waals surface area contributed by atoms with E-state index < -0.39 is 0 Å². The van der Waals surface area contributed by atoms with Crippen molar-refractivity contribution in [3.05, 3.63) is 47.9 Å². The highest BCUT2D eigenvalue weighted by Gasteiger charge is 2.22. The van der Waals surface area contributed by atoms with E-state index in [1.165, 1.54) is 18.4 Å². The van der Waals surface area contributed by atoms with Crippen molar-refractivity contribution in [2.45, 2.75) is 32.9 Å². The molecule has 2 aromatic rings. The molecule has 6 heteroatoms. The lowest BCUT2D eigenvalue weighted by Crippen LogP contribution is -2.36. The third-order valence-electron chi connectivity index (χ3n) is 4.08. The molecule has 0 saturated heterocycles. The molecule has 1 saturated carbocycles. The predicted molar refractivity (Wildman–Crippen MR) is 99.5 cm³/mol. The van der Waals surface area contributed by atoms with Gasteiger partial charge in [0.2, 0.25) is 5.88 Å². The van der Waals surface area contributed by atoms with Gasteiger partial charge in [-0.2, -0.15) is 0 Å². The zero-order valence-corrected chi connectivity index (χ0v) is 15.0. The maximum absolute atomic E-state index is 5.75. The number of guanidine groups is 1. The van der Waals surface area contributed by atoms with Gasteiger partial charge in [0.25, 0.3) is 0 Å². The minimum Gasteiger partial charge on any atom is -0.477 e. The Labute approximate surface area is 149 Å². The summed E-state index contributed by atoms with van der Waals surface area (Å²) in [6, 6.07) is 6.08. The van der Waals surface area contributed by atoms with Crippen LogP contribution in [0.25, 0.3) is 0 Å². The highest BCUT2D eigenvalue weighted by Crippen LogP contribution is 2.29. The summed E-state index contributed by atoms with van der Waals surface area (Å²) in [4.78, 5) is 8.92. The Morgan fingerprint density at radius 1 is 1.32 bits per heavy atom. The molecule has 0 aromatic carbocycles. The third kappa shape index (κ3) is 5.81. The Balaban J connectivity index is 1.53. The summed E-state index contributed by atoms with van der Waals surface area (Å²) in [6.07, 6.45) is 8.48. The maximum Gasteiger partial charge on any atom is 0.213 e. The summed E-state index contributed by atoms with van der Waals surface area (Å²) in [5.74, 6) is 2.25. The smallest absolute Gasteiger partial charge is 0.213 e. The average molecular weight is 341 g/mol. The Morgan fingerprint density at radius 3 is 2.92 bits per heavy atom. The van der Waals surface area contributed by atoms with Crippen molar-refractivity contribution < 1.29 is 4.74 Å². The zero-order chi connectivity index (χ0) is 17.5. The largest absolute Gasteiger partial charge is 0.477 e. The Bertz CT molecular complexity index is 705. The predicted octanol–water partition coefficient (Wildman–Crippen LogP) is 2.46. The first kappa shape index (κ1) is 17.3. The van der Waals surface area contributed by atoms with Gasteiger partial charge in [-0.15, -0.1) is 0 Å². The van der Waals surface area contributed by atoms with Crippen molar-refractivity contribution in [1.29, 1.82) is 0 Å². The quantitative estimate of drug-likeness (QED) is 0.572. The van der Waals surface area contributed by atoms with Crippen LogP contribution in [0.15, 0.2) is 41.8 Å². The van der Waals surface area contributed by atoms with E-state index in [0.717, 1.165) is 30.6 Å². The molecule has 0 radical (unpaired) electrons. The SMILES string of the molecule is CCNC(=NCc1ccn(C)c1)NCc1ccnc(OCC2CC2)c1. The van der Waals surface area contributed by atoms with Crippen molar-refractivity contribution in [1.82, 2.24) is 20.2 Å². The topological polar surface area (TPSA) is 63.5 Å². The number of aliphatic imine (C=N–C) groups is 1. The monoisotopic (exact) mass is 341 g/mol. The summed E-state index contributed by atoms with van der Waals surface area (Å²) >= 11 is 0.